The zero-order valence-corrected chi connectivity index (χ0v) is 18.8. The quantitative estimate of drug-likeness (QED) is 0.622. The molecule has 166 valence electrons. The van der Waals surface area contributed by atoms with E-state index >= 15 is 0 Å². The molecule has 1 atom stereocenters. The first-order chi connectivity index (χ1) is 14.9. The summed E-state index contributed by atoms with van der Waals surface area (Å²) in [6.45, 7) is 9.27. The monoisotopic (exact) mass is 425 g/mol. The predicted molar refractivity (Wildman–Crippen MR) is 123 cm³/mol. The molecule has 1 fully saturated rings. The van der Waals surface area contributed by atoms with Crippen LogP contribution in [0.2, 0.25) is 0 Å². The number of anilines is 2. The second-order valence-electron chi connectivity index (χ2n) is 8.10. The molecule has 0 bridgehead atoms. The fourth-order valence-electron chi connectivity index (χ4n) is 3.99. The van der Waals surface area contributed by atoms with Crippen molar-refractivity contribution in [2.45, 2.75) is 26.8 Å². The lowest BCUT2D eigenvalue weighted by molar-refractivity contribution is -0.914. The van der Waals surface area contributed by atoms with Gasteiger partial charge in [0.25, 0.3) is 5.91 Å². The predicted octanol–water partition coefficient (Wildman–Crippen LogP) is 1.16. The van der Waals surface area contributed by atoms with Gasteiger partial charge in [0.1, 0.15) is 5.75 Å². The molecule has 3 N–H and O–H groups in total. The molecule has 3 rings (SSSR count). The molecule has 0 unspecified atom stereocenters. The van der Waals surface area contributed by atoms with Gasteiger partial charge in [0.2, 0.25) is 5.91 Å². The van der Waals surface area contributed by atoms with Gasteiger partial charge in [0.05, 0.1) is 39.8 Å². The third-order valence-electron chi connectivity index (χ3n) is 6.00. The number of quaternary nitrogens is 1. The lowest BCUT2D eigenvalue weighted by Crippen LogP contribution is -3.19. The number of hydrogen-bond acceptors (Lipinski definition) is 4. The molecule has 0 aromatic heterocycles. The van der Waals surface area contributed by atoms with E-state index in [4.69, 9.17) is 4.74 Å². The van der Waals surface area contributed by atoms with E-state index in [-0.39, 0.29) is 24.4 Å². The van der Waals surface area contributed by atoms with Gasteiger partial charge in [0.15, 0.2) is 6.04 Å². The summed E-state index contributed by atoms with van der Waals surface area (Å²) in [6, 6.07) is 13.7. The number of carbonyl (C=O) groups is 2. The Balaban J connectivity index is 1.46. The van der Waals surface area contributed by atoms with Crippen molar-refractivity contribution in [2.75, 3.05) is 50.1 Å². The van der Waals surface area contributed by atoms with Crippen molar-refractivity contribution in [2.24, 2.45) is 0 Å². The van der Waals surface area contributed by atoms with Crippen LogP contribution in [0.1, 0.15) is 18.1 Å². The first kappa shape index (κ1) is 22.6. The van der Waals surface area contributed by atoms with Crippen molar-refractivity contribution >= 4 is 23.2 Å². The van der Waals surface area contributed by atoms with Gasteiger partial charge < -0.3 is 25.2 Å². The van der Waals surface area contributed by atoms with Crippen LogP contribution in [0.15, 0.2) is 42.5 Å². The van der Waals surface area contributed by atoms with Gasteiger partial charge in [-0.1, -0.05) is 24.3 Å². The summed E-state index contributed by atoms with van der Waals surface area (Å²) in [4.78, 5) is 28.5. The van der Waals surface area contributed by atoms with Gasteiger partial charge in [-0.3, -0.25) is 9.59 Å². The smallest absolute Gasteiger partial charge is 0.278 e. The molecule has 7 nitrogen and oxygen atoms in total. The van der Waals surface area contributed by atoms with Crippen LogP contribution >= 0.6 is 0 Å². The number of ether oxygens (including phenoxy) is 1. The van der Waals surface area contributed by atoms with Crippen molar-refractivity contribution in [1.29, 1.82) is 0 Å². The van der Waals surface area contributed by atoms with Gasteiger partial charge in [-0.05, 0) is 44.0 Å². The van der Waals surface area contributed by atoms with Gasteiger partial charge in [-0.25, -0.2) is 0 Å². The minimum Gasteiger partial charge on any atom is -0.497 e. The number of nitrogens with zero attached hydrogens (tertiary/aromatic N) is 1. The molecule has 0 saturated carbocycles. The van der Waals surface area contributed by atoms with Crippen molar-refractivity contribution < 1.29 is 19.2 Å². The highest BCUT2D eigenvalue weighted by molar-refractivity contribution is 5.96. The molecule has 7 heteroatoms. The maximum absolute atomic E-state index is 12.6. The number of nitrogens with one attached hydrogen (secondary N) is 3. The summed E-state index contributed by atoms with van der Waals surface area (Å²) >= 11 is 0. The van der Waals surface area contributed by atoms with Crippen LogP contribution in [0.5, 0.6) is 5.75 Å². The normalized spacial score (nSPS) is 15.3. The van der Waals surface area contributed by atoms with Crippen LogP contribution in [0.3, 0.4) is 0 Å². The first-order valence-electron chi connectivity index (χ1n) is 10.8. The van der Waals surface area contributed by atoms with E-state index in [2.05, 4.69) is 21.6 Å². The highest BCUT2D eigenvalue weighted by Crippen LogP contribution is 2.21. The Hall–Kier alpha value is -3.06. The molecule has 31 heavy (non-hydrogen) atoms. The van der Waals surface area contributed by atoms with Crippen LogP contribution in [0.4, 0.5) is 11.4 Å². The Morgan fingerprint density at radius 1 is 1.10 bits per heavy atom. The van der Waals surface area contributed by atoms with Crippen LogP contribution < -0.4 is 25.2 Å². The van der Waals surface area contributed by atoms with Gasteiger partial charge >= 0.3 is 0 Å². The Bertz CT molecular complexity index is 903. The number of hydrogen-bond donors (Lipinski definition) is 3. The van der Waals surface area contributed by atoms with E-state index in [9.17, 15) is 9.59 Å². The van der Waals surface area contributed by atoms with Crippen molar-refractivity contribution in [3.8, 4) is 5.75 Å². The molecule has 0 aliphatic carbocycles. The minimum absolute atomic E-state index is 0.0276. The van der Waals surface area contributed by atoms with Crippen LogP contribution in [-0.4, -0.2) is 57.7 Å². The number of aryl methyl sites for hydroxylation is 2. The molecule has 1 saturated heterocycles. The van der Waals surface area contributed by atoms with Crippen LogP contribution in [0.25, 0.3) is 0 Å². The molecule has 1 aliphatic rings. The largest absolute Gasteiger partial charge is 0.497 e. The molecule has 1 heterocycles. The summed E-state index contributed by atoms with van der Waals surface area (Å²) in [5.74, 6) is 0.538. The Labute approximate surface area is 184 Å². The average Bonchev–Trinajstić information content (AvgIpc) is 2.79. The Morgan fingerprint density at radius 3 is 2.39 bits per heavy atom. The van der Waals surface area contributed by atoms with E-state index in [0.717, 1.165) is 54.4 Å². The van der Waals surface area contributed by atoms with Crippen molar-refractivity contribution in [3.05, 3.63) is 53.6 Å². The second kappa shape index (κ2) is 10.3. The van der Waals surface area contributed by atoms with E-state index < -0.39 is 0 Å². The minimum atomic E-state index is -0.212. The standard InChI is InChI=1S/C24H32N4O3/c1-17-7-5-8-18(2)23(17)26-22(29)16-25-24(30)19(3)27-11-13-28(14-12-27)20-9-6-10-21(15-20)31-4/h5-10,15,19H,11-14,16H2,1-4H3,(H,25,30)(H,26,29)/p+1/t19-/m0/s1. The molecule has 2 aromatic rings. The van der Waals surface area contributed by atoms with E-state index in [1.807, 2.05) is 57.2 Å². The number of carbonyl (C=O) groups excluding carboxylic acids is 2. The lowest BCUT2D eigenvalue weighted by atomic mass is 10.1. The third kappa shape index (κ3) is 5.76. The molecular formula is C24H33N4O3+. The highest BCUT2D eigenvalue weighted by Gasteiger charge is 2.29. The third-order valence-corrected chi connectivity index (χ3v) is 6.00. The van der Waals surface area contributed by atoms with E-state index in [1.54, 1.807) is 7.11 Å². The number of benzene rings is 2. The van der Waals surface area contributed by atoms with Crippen molar-refractivity contribution in [1.82, 2.24) is 5.32 Å². The van der Waals surface area contributed by atoms with Crippen LogP contribution in [-0.2, 0) is 9.59 Å². The van der Waals surface area contributed by atoms with Crippen LogP contribution in [0, 0.1) is 13.8 Å². The zero-order valence-electron chi connectivity index (χ0n) is 18.8. The fraction of sp³-hybridized carbons (Fsp3) is 0.417. The summed E-state index contributed by atoms with van der Waals surface area (Å²) < 4.78 is 5.32. The van der Waals surface area contributed by atoms with Gasteiger partial charge in [0, 0.05) is 17.4 Å². The number of para-hydroxylation sites is 1. The lowest BCUT2D eigenvalue weighted by Gasteiger charge is -2.36. The number of amides is 2. The molecule has 2 aromatic carbocycles. The molecule has 0 radical (unpaired) electrons. The van der Waals surface area contributed by atoms with Crippen molar-refractivity contribution in [3.63, 3.8) is 0 Å². The van der Waals surface area contributed by atoms with E-state index in [0.29, 0.717) is 0 Å². The average molecular weight is 426 g/mol. The topological polar surface area (TPSA) is 75.1 Å². The number of rotatable bonds is 7. The first-order valence-corrected chi connectivity index (χ1v) is 10.8. The highest BCUT2D eigenvalue weighted by atomic mass is 16.5. The maximum Gasteiger partial charge on any atom is 0.278 e. The Kier molecular flexibility index (Phi) is 7.52. The maximum atomic E-state index is 12.6. The molecule has 2 amide bonds. The van der Waals surface area contributed by atoms with Gasteiger partial charge in [-0.2, -0.15) is 0 Å². The molecule has 0 spiro atoms. The molecular weight excluding hydrogens is 392 g/mol. The fourth-order valence-corrected chi connectivity index (χ4v) is 3.99. The summed E-state index contributed by atoms with van der Waals surface area (Å²) in [5, 5.41) is 5.70. The summed E-state index contributed by atoms with van der Waals surface area (Å²) in [6.07, 6.45) is 0. The SMILES string of the molecule is COc1cccc(N2CC[NH+]([C@@H](C)C(=O)NCC(=O)Nc3c(C)cccc3C)CC2)c1. The Morgan fingerprint density at radius 2 is 1.74 bits per heavy atom. The van der Waals surface area contributed by atoms with Gasteiger partial charge in [-0.15, -0.1) is 0 Å². The summed E-state index contributed by atoms with van der Waals surface area (Å²) in [7, 11) is 1.67. The van der Waals surface area contributed by atoms with E-state index in [1.165, 1.54) is 4.90 Å². The number of methoxy groups -OCH3 is 1. The zero-order chi connectivity index (χ0) is 22.4. The number of piperazine rings is 1. The summed E-state index contributed by atoms with van der Waals surface area (Å²) in [5.41, 5.74) is 3.96. The second-order valence-corrected chi connectivity index (χ2v) is 8.10. The molecule has 1 aliphatic heterocycles.